The van der Waals surface area contributed by atoms with Gasteiger partial charge in [-0.25, -0.2) is 4.79 Å². The Labute approximate surface area is 71.4 Å². The first-order chi connectivity index (χ1) is 5.65. The molecule has 1 aliphatic rings. The summed E-state index contributed by atoms with van der Waals surface area (Å²) in [6.45, 7) is 3.46. The van der Waals surface area contributed by atoms with Crippen molar-refractivity contribution in [2.75, 3.05) is 0 Å². The predicted octanol–water partition coefficient (Wildman–Crippen LogP) is 1.08. The van der Waals surface area contributed by atoms with Crippen molar-refractivity contribution < 1.29 is 14.3 Å². The molecule has 0 saturated heterocycles. The summed E-state index contributed by atoms with van der Waals surface area (Å²) in [5, 5.41) is 0. The summed E-state index contributed by atoms with van der Waals surface area (Å²) >= 11 is 0. The van der Waals surface area contributed by atoms with Gasteiger partial charge in [0.2, 0.25) is 0 Å². The SMILES string of the molecule is CC1=CC[C@H]([C@H](C)C=O)OC1=O. The minimum absolute atomic E-state index is 0.210. The second kappa shape index (κ2) is 3.52. The summed E-state index contributed by atoms with van der Waals surface area (Å²) in [6, 6.07) is 0. The Balaban J connectivity index is 2.64. The van der Waals surface area contributed by atoms with Gasteiger partial charge in [0.1, 0.15) is 12.4 Å². The van der Waals surface area contributed by atoms with Crippen molar-refractivity contribution in [3.63, 3.8) is 0 Å². The van der Waals surface area contributed by atoms with Crippen LogP contribution in [0.3, 0.4) is 0 Å². The van der Waals surface area contributed by atoms with Gasteiger partial charge in [-0.05, 0) is 6.92 Å². The lowest BCUT2D eigenvalue weighted by Crippen LogP contribution is -2.29. The van der Waals surface area contributed by atoms with E-state index in [1.165, 1.54) is 0 Å². The molecule has 0 spiro atoms. The highest BCUT2D eigenvalue weighted by molar-refractivity contribution is 5.88. The fourth-order valence-electron chi connectivity index (χ4n) is 1.06. The van der Waals surface area contributed by atoms with E-state index < -0.39 is 0 Å². The van der Waals surface area contributed by atoms with E-state index in [-0.39, 0.29) is 18.0 Å². The number of hydrogen-bond donors (Lipinski definition) is 0. The Morgan fingerprint density at radius 2 is 2.42 bits per heavy atom. The van der Waals surface area contributed by atoms with Gasteiger partial charge >= 0.3 is 5.97 Å². The average molecular weight is 168 g/mol. The van der Waals surface area contributed by atoms with Gasteiger partial charge in [-0.3, -0.25) is 0 Å². The van der Waals surface area contributed by atoms with Crippen molar-refractivity contribution in [2.24, 2.45) is 5.92 Å². The molecular formula is C9H12O3. The average Bonchev–Trinajstić information content (AvgIpc) is 2.08. The third-order valence-corrected chi connectivity index (χ3v) is 2.04. The lowest BCUT2D eigenvalue weighted by atomic mass is 10.00. The van der Waals surface area contributed by atoms with Crippen LogP contribution in [0, 0.1) is 5.92 Å². The number of cyclic esters (lactones) is 1. The van der Waals surface area contributed by atoms with Crippen LogP contribution in [0.1, 0.15) is 20.3 Å². The van der Waals surface area contributed by atoms with E-state index in [2.05, 4.69) is 0 Å². The Bertz CT molecular complexity index is 230. The lowest BCUT2D eigenvalue weighted by molar-refractivity contribution is -0.148. The van der Waals surface area contributed by atoms with Crippen LogP contribution in [-0.4, -0.2) is 18.4 Å². The first-order valence-corrected chi connectivity index (χ1v) is 3.98. The quantitative estimate of drug-likeness (QED) is 0.457. The van der Waals surface area contributed by atoms with Crippen LogP contribution >= 0.6 is 0 Å². The van der Waals surface area contributed by atoms with Crippen molar-refractivity contribution in [3.05, 3.63) is 11.6 Å². The number of ether oxygens (including phenoxy) is 1. The zero-order valence-corrected chi connectivity index (χ0v) is 7.24. The van der Waals surface area contributed by atoms with Gasteiger partial charge in [0, 0.05) is 17.9 Å². The molecule has 0 radical (unpaired) electrons. The molecule has 3 nitrogen and oxygen atoms in total. The zero-order chi connectivity index (χ0) is 9.14. The van der Waals surface area contributed by atoms with Crippen LogP contribution in [0.2, 0.25) is 0 Å². The molecule has 0 aromatic carbocycles. The van der Waals surface area contributed by atoms with Crippen molar-refractivity contribution in [3.8, 4) is 0 Å². The van der Waals surface area contributed by atoms with E-state index in [4.69, 9.17) is 4.74 Å². The first kappa shape index (κ1) is 8.97. The van der Waals surface area contributed by atoms with E-state index >= 15 is 0 Å². The Hall–Kier alpha value is -1.12. The maximum atomic E-state index is 11.0. The van der Waals surface area contributed by atoms with Crippen LogP contribution < -0.4 is 0 Å². The number of hydrogen-bond acceptors (Lipinski definition) is 3. The molecule has 3 heteroatoms. The predicted molar refractivity (Wildman–Crippen MR) is 43.5 cm³/mol. The molecule has 0 aromatic heterocycles. The molecule has 0 aromatic rings. The van der Waals surface area contributed by atoms with Gasteiger partial charge in [0.25, 0.3) is 0 Å². The molecule has 2 atom stereocenters. The Morgan fingerprint density at radius 3 is 2.92 bits per heavy atom. The second-order valence-electron chi connectivity index (χ2n) is 3.06. The lowest BCUT2D eigenvalue weighted by Gasteiger charge is -2.23. The van der Waals surface area contributed by atoms with Crippen LogP contribution in [0.25, 0.3) is 0 Å². The normalized spacial score (nSPS) is 25.7. The maximum absolute atomic E-state index is 11.0. The second-order valence-corrected chi connectivity index (χ2v) is 3.06. The largest absolute Gasteiger partial charge is 0.458 e. The molecule has 0 bridgehead atoms. The van der Waals surface area contributed by atoms with Gasteiger partial charge in [-0.1, -0.05) is 13.0 Å². The standard InChI is InChI=1S/C9H12O3/c1-6-3-4-8(7(2)5-10)12-9(6)11/h3,5,7-8H,4H2,1-2H3/t7-,8-/m1/s1. The van der Waals surface area contributed by atoms with E-state index in [0.29, 0.717) is 12.0 Å². The minimum Gasteiger partial charge on any atom is -0.458 e. The molecule has 1 heterocycles. The topological polar surface area (TPSA) is 43.4 Å². The molecule has 0 fully saturated rings. The number of esters is 1. The van der Waals surface area contributed by atoms with Crippen LogP contribution in [0.4, 0.5) is 0 Å². The van der Waals surface area contributed by atoms with Gasteiger partial charge in [-0.15, -0.1) is 0 Å². The van der Waals surface area contributed by atoms with Crippen LogP contribution in [-0.2, 0) is 14.3 Å². The van der Waals surface area contributed by atoms with E-state index in [0.717, 1.165) is 6.29 Å². The van der Waals surface area contributed by atoms with Crippen molar-refractivity contribution >= 4 is 12.3 Å². The molecule has 12 heavy (non-hydrogen) atoms. The third-order valence-electron chi connectivity index (χ3n) is 2.04. The van der Waals surface area contributed by atoms with E-state index in [1.54, 1.807) is 13.8 Å². The third kappa shape index (κ3) is 1.72. The summed E-state index contributed by atoms with van der Waals surface area (Å²) in [7, 11) is 0. The molecular weight excluding hydrogens is 156 g/mol. The fourth-order valence-corrected chi connectivity index (χ4v) is 1.06. The molecule has 0 saturated carbocycles. The van der Waals surface area contributed by atoms with Gasteiger partial charge in [0.15, 0.2) is 0 Å². The summed E-state index contributed by atoms with van der Waals surface area (Å²) in [4.78, 5) is 21.4. The van der Waals surface area contributed by atoms with Crippen molar-refractivity contribution in [1.82, 2.24) is 0 Å². The molecule has 0 N–H and O–H groups in total. The summed E-state index contributed by atoms with van der Waals surface area (Å²) in [5.74, 6) is -0.516. The Morgan fingerprint density at radius 1 is 1.75 bits per heavy atom. The fraction of sp³-hybridized carbons (Fsp3) is 0.556. The summed E-state index contributed by atoms with van der Waals surface area (Å²) < 4.78 is 5.01. The maximum Gasteiger partial charge on any atom is 0.333 e. The Kier molecular flexibility index (Phi) is 2.63. The molecule has 0 unspecified atom stereocenters. The molecule has 0 aliphatic carbocycles. The molecule has 1 aliphatic heterocycles. The number of carbonyl (C=O) groups is 2. The first-order valence-electron chi connectivity index (χ1n) is 3.98. The van der Waals surface area contributed by atoms with Gasteiger partial charge in [-0.2, -0.15) is 0 Å². The highest BCUT2D eigenvalue weighted by Crippen LogP contribution is 2.18. The highest BCUT2D eigenvalue weighted by atomic mass is 16.5. The zero-order valence-electron chi connectivity index (χ0n) is 7.24. The van der Waals surface area contributed by atoms with Crippen LogP contribution in [0.15, 0.2) is 11.6 Å². The number of carbonyl (C=O) groups excluding carboxylic acids is 2. The minimum atomic E-state index is -0.306. The van der Waals surface area contributed by atoms with E-state index in [9.17, 15) is 9.59 Å². The smallest absolute Gasteiger partial charge is 0.333 e. The molecule has 66 valence electrons. The summed E-state index contributed by atoms with van der Waals surface area (Å²) in [5.41, 5.74) is 0.629. The van der Waals surface area contributed by atoms with Gasteiger partial charge in [0.05, 0.1) is 0 Å². The molecule has 0 amide bonds. The van der Waals surface area contributed by atoms with Crippen LogP contribution in [0.5, 0.6) is 0 Å². The monoisotopic (exact) mass is 168 g/mol. The number of rotatable bonds is 2. The van der Waals surface area contributed by atoms with Crippen molar-refractivity contribution in [2.45, 2.75) is 26.4 Å². The van der Waals surface area contributed by atoms with Gasteiger partial charge < -0.3 is 9.53 Å². The van der Waals surface area contributed by atoms with E-state index in [1.807, 2.05) is 6.08 Å². The molecule has 1 rings (SSSR count). The highest BCUT2D eigenvalue weighted by Gasteiger charge is 2.24. The summed E-state index contributed by atoms with van der Waals surface area (Å²) in [6.07, 6.45) is 3.01. The van der Waals surface area contributed by atoms with Crippen molar-refractivity contribution in [1.29, 1.82) is 0 Å². The number of aldehydes is 1.